The molecule has 30 heavy (non-hydrogen) atoms. The van der Waals surface area contributed by atoms with Gasteiger partial charge in [-0.15, -0.1) is 0 Å². The summed E-state index contributed by atoms with van der Waals surface area (Å²) in [6, 6.07) is 36.0. The Morgan fingerprint density at radius 1 is 0.433 bits per heavy atom. The van der Waals surface area contributed by atoms with E-state index in [1.165, 1.54) is 65.5 Å². The highest BCUT2D eigenvalue weighted by Gasteiger charge is 2.43. The predicted molar refractivity (Wildman–Crippen MR) is 127 cm³/mol. The molecule has 0 radical (unpaired) electrons. The summed E-state index contributed by atoms with van der Waals surface area (Å²) in [5.41, 5.74) is 11.5. The summed E-state index contributed by atoms with van der Waals surface area (Å²) in [6.45, 7) is 0. The predicted octanol–water partition coefficient (Wildman–Crippen LogP) is 8.25. The fraction of sp³-hybridized carbons (Fsp3) is 0.200. The molecule has 1 spiro atoms. The van der Waals surface area contributed by atoms with Crippen molar-refractivity contribution in [3.63, 3.8) is 0 Å². The molecule has 0 bridgehead atoms. The number of rotatable bonds is 2. The molecule has 0 nitrogen and oxygen atoms in total. The lowest BCUT2D eigenvalue weighted by Crippen LogP contribution is -2.28. The molecule has 0 unspecified atom stereocenters. The first-order valence-electron chi connectivity index (χ1n) is 11.3. The summed E-state index contributed by atoms with van der Waals surface area (Å²) in [5.74, 6) is 0. The van der Waals surface area contributed by atoms with Gasteiger partial charge in [0.25, 0.3) is 0 Å². The van der Waals surface area contributed by atoms with Crippen molar-refractivity contribution in [3.8, 4) is 33.4 Å². The maximum Gasteiger partial charge on any atom is 0.0215 e. The average Bonchev–Trinajstić information content (AvgIpc) is 3.09. The van der Waals surface area contributed by atoms with Crippen LogP contribution in [0.3, 0.4) is 0 Å². The van der Waals surface area contributed by atoms with Gasteiger partial charge in [0.1, 0.15) is 0 Å². The zero-order chi connectivity index (χ0) is 20.0. The van der Waals surface area contributed by atoms with Crippen molar-refractivity contribution in [3.05, 3.63) is 108 Å². The number of hydrogen-bond acceptors (Lipinski definition) is 0. The Balaban J connectivity index is 1.49. The van der Waals surface area contributed by atoms with Crippen molar-refractivity contribution in [2.75, 3.05) is 0 Å². The smallest absolute Gasteiger partial charge is 0.0215 e. The molecule has 146 valence electrons. The van der Waals surface area contributed by atoms with Gasteiger partial charge in [-0.1, -0.05) is 104 Å². The Labute approximate surface area is 179 Å². The summed E-state index contributed by atoms with van der Waals surface area (Å²) in [7, 11) is 0. The van der Waals surface area contributed by atoms with Crippen molar-refractivity contribution in [1.29, 1.82) is 0 Å². The molecule has 6 rings (SSSR count). The molecular weight excluding hydrogens is 360 g/mol. The zero-order valence-electron chi connectivity index (χ0n) is 17.3. The molecule has 2 aliphatic rings. The van der Waals surface area contributed by atoms with Crippen LogP contribution in [-0.2, 0) is 5.41 Å². The molecule has 0 saturated heterocycles. The van der Waals surface area contributed by atoms with Gasteiger partial charge in [-0.2, -0.15) is 0 Å². The van der Waals surface area contributed by atoms with Crippen LogP contribution in [0.15, 0.2) is 97.1 Å². The second-order valence-electron chi connectivity index (χ2n) is 8.90. The third-order valence-corrected chi connectivity index (χ3v) is 7.28. The van der Waals surface area contributed by atoms with E-state index >= 15 is 0 Å². The molecule has 0 aromatic heterocycles. The molecule has 1 fully saturated rings. The number of benzene rings is 4. The molecule has 1 saturated carbocycles. The van der Waals surface area contributed by atoms with Crippen molar-refractivity contribution in [2.45, 2.75) is 37.5 Å². The van der Waals surface area contributed by atoms with E-state index in [1.807, 2.05) is 0 Å². The molecule has 0 N–H and O–H groups in total. The topological polar surface area (TPSA) is 0 Å². The van der Waals surface area contributed by atoms with E-state index in [4.69, 9.17) is 0 Å². The van der Waals surface area contributed by atoms with Crippen LogP contribution in [-0.4, -0.2) is 0 Å². The Morgan fingerprint density at radius 3 is 1.90 bits per heavy atom. The summed E-state index contributed by atoms with van der Waals surface area (Å²) in [6.07, 6.45) is 6.61. The van der Waals surface area contributed by atoms with Crippen LogP contribution in [0.25, 0.3) is 33.4 Å². The lowest BCUT2D eigenvalue weighted by atomic mass is 9.67. The molecule has 0 heteroatoms. The fourth-order valence-electron chi connectivity index (χ4n) is 5.84. The highest BCUT2D eigenvalue weighted by Crippen LogP contribution is 2.56. The summed E-state index contributed by atoms with van der Waals surface area (Å²) in [4.78, 5) is 0. The molecular formula is C30H26. The van der Waals surface area contributed by atoms with Gasteiger partial charge in [0.05, 0.1) is 0 Å². The van der Waals surface area contributed by atoms with Gasteiger partial charge in [-0.05, 0) is 69.5 Å². The van der Waals surface area contributed by atoms with Crippen LogP contribution < -0.4 is 0 Å². The van der Waals surface area contributed by atoms with Crippen molar-refractivity contribution in [2.24, 2.45) is 0 Å². The van der Waals surface area contributed by atoms with Crippen molar-refractivity contribution < 1.29 is 0 Å². The maximum atomic E-state index is 2.50. The summed E-state index contributed by atoms with van der Waals surface area (Å²) >= 11 is 0. The Hall–Kier alpha value is -3.12. The van der Waals surface area contributed by atoms with E-state index in [-0.39, 0.29) is 5.41 Å². The highest BCUT2D eigenvalue weighted by molar-refractivity contribution is 5.84. The molecule has 4 aromatic rings. The van der Waals surface area contributed by atoms with Crippen molar-refractivity contribution >= 4 is 0 Å². The van der Waals surface area contributed by atoms with E-state index in [0.717, 1.165) is 0 Å². The van der Waals surface area contributed by atoms with Crippen LogP contribution in [0.5, 0.6) is 0 Å². The highest BCUT2D eigenvalue weighted by atomic mass is 14.5. The largest absolute Gasteiger partial charge is 0.0622 e. The first-order valence-corrected chi connectivity index (χ1v) is 11.3. The van der Waals surface area contributed by atoms with Gasteiger partial charge in [0.2, 0.25) is 0 Å². The van der Waals surface area contributed by atoms with Crippen LogP contribution in [0.2, 0.25) is 0 Å². The van der Waals surface area contributed by atoms with E-state index < -0.39 is 0 Å². The fourth-order valence-corrected chi connectivity index (χ4v) is 5.84. The molecule has 0 heterocycles. The van der Waals surface area contributed by atoms with Gasteiger partial charge in [-0.3, -0.25) is 0 Å². The third kappa shape index (κ3) is 2.67. The van der Waals surface area contributed by atoms with Gasteiger partial charge in [0.15, 0.2) is 0 Å². The molecule has 0 aliphatic heterocycles. The van der Waals surface area contributed by atoms with E-state index in [2.05, 4.69) is 97.1 Å². The van der Waals surface area contributed by atoms with Gasteiger partial charge in [0, 0.05) is 5.41 Å². The van der Waals surface area contributed by atoms with Crippen LogP contribution >= 0.6 is 0 Å². The second-order valence-corrected chi connectivity index (χ2v) is 8.90. The molecule has 2 aliphatic carbocycles. The molecule has 0 atom stereocenters. The van der Waals surface area contributed by atoms with Gasteiger partial charge in [-0.25, -0.2) is 0 Å². The second kappa shape index (κ2) is 6.99. The minimum atomic E-state index is 0.219. The summed E-state index contributed by atoms with van der Waals surface area (Å²) < 4.78 is 0. The normalized spacial score (nSPS) is 16.3. The quantitative estimate of drug-likeness (QED) is 0.325. The van der Waals surface area contributed by atoms with Crippen LogP contribution in [0.1, 0.15) is 43.2 Å². The van der Waals surface area contributed by atoms with Crippen LogP contribution in [0.4, 0.5) is 0 Å². The SMILES string of the molecule is c1ccc(-c2cccc(-c3ccc4c(c3)C3(CCCCC3)c3ccccc3-4)c2)cc1. The minimum absolute atomic E-state index is 0.219. The first-order chi connectivity index (χ1) is 14.9. The standard InChI is InChI=1S/C30H26/c1-3-10-22(11-4-1)23-12-9-13-24(20-23)25-16-17-27-26-14-5-6-15-28(26)30(29(27)21-25)18-7-2-8-19-30/h1,3-6,9-17,20-21H,2,7-8,18-19H2. The first kappa shape index (κ1) is 17.7. The van der Waals surface area contributed by atoms with Crippen LogP contribution in [0, 0.1) is 0 Å². The lowest BCUT2D eigenvalue weighted by molar-refractivity contribution is 0.353. The number of hydrogen-bond donors (Lipinski definition) is 0. The monoisotopic (exact) mass is 386 g/mol. The molecule has 0 amide bonds. The average molecular weight is 387 g/mol. The van der Waals surface area contributed by atoms with Crippen molar-refractivity contribution in [1.82, 2.24) is 0 Å². The minimum Gasteiger partial charge on any atom is -0.0622 e. The Morgan fingerprint density at radius 2 is 1.07 bits per heavy atom. The van der Waals surface area contributed by atoms with E-state index in [0.29, 0.717) is 0 Å². The Kier molecular flexibility index (Phi) is 4.13. The summed E-state index contributed by atoms with van der Waals surface area (Å²) in [5, 5.41) is 0. The maximum absolute atomic E-state index is 2.50. The lowest BCUT2D eigenvalue weighted by Gasteiger charge is -2.36. The van der Waals surface area contributed by atoms with Gasteiger partial charge < -0.3 is 0 Å². The molecule has 4 aromatic carbocycles. The Bertz CT molecular complexity index is 1210. The third-order valence-electron chi connectivity index (χ3n) is 7.28. The zero-order valence-corrected chi connectivity index (χ0v) is 17.3. The number of fused-ring (bicyclic) bond motifs is 5. The van der Waals surface area contributed by atoms with Gasteiger partial charge >= 0.3 is 0 Å². The van der Waals surface area contributed by atoms with E-state index in [9.17, 15) is 0 Å². The van der Waals surface area contributed by atoms with E-state index in [1.54, 1.807) is 11.1 Å².